The van der Waals surface area contributed by atoms with Gasteiger partial charge in [0.25, 0.3) is 0 Å². The monoisotopic (exact) mass is 281 g/mol. The number of pyridine rings is 1. The van der Waals surface area contributed by atoms with Crippen LogP contribution in [0.25, 0.3) is 11.4 Å². The molecule has 0 saturated carbocycles. The van der Waals surface area contributed by atoms with Gasteiger partial charge in [-0.15, -0.1) is 0 Å². The number of carbonyl (C=O) groups is 1. The largest absolute Gasteiger partial charge is 0.481 e. The minimum atomic E-state index is -0.906. The molecule has 0 amide bonds. The van der Waals surface area contributed by atoms with Crippen molar-refractivity contribution < 1.29 is 9.90 Å². The predicted molar refractivity (Wildman–Crippen MR) is 60.9 cm³/mol. The summed E-state index contributed by atoms with van der Waals surface area (Å²) in [4.78, 5) is 14.7. The molecule has 0 saturated heterocycles. The molecule has 0 aliphatic carbocycles. The third-order valence-corrected chi connectivity index (χ3v) is 2.87. The zero-order valence-corrected chi connectivity index (χ0v) is 9.73. The van der Waals surface area contributed by atoms with Crippen LogP contribution < -0.4 is 0 Å². The molecule has 2 heterocycles. The number of H-pyrrole nitrogens is 1. The van der Waals surface area contributed by atoms with E-state index in [2.05, 4.69) is 31.1 Å². The molecule has 0 aliphatic heterocycles. The maximum Gasteiger partial charge on any atom is 0.309 e. The lowest BCUT2D eigenvalue weighted by Gasteiger charge is -1.96. The van der Waals surface area contributed by atoms with Crippen LogP contribution >= 0.6 is 15.9 Å². The molecule has 0 spiro atoms. The summed E-state index contributed by atoms with van der Waals surface area (Å²) in [5.74, 6) is -0.906. The fourth-order valence-electron chi connectivity index (χ4n) is 1.31. The lowest BCUT2D eigenvalue weighted by Crippen LogP contribution is -2.00. The van der Waals surface area contributed by atoms with Crippen molar-refractivity contribution >= 4 is 21.9 Å². The molecule has 82 valence electrons. The molecule has 2 rings (SSSR count). The highest BCUT2D eigenvalue weighted by Crippen LogP contribution is 2.27. The lowest BCUT2D eigenvalue weighted by atomic mass is 10.2. The average Bonchev–Trinajstić information content (AvgIpc) is 2.61. The van der Waals surface area contributed by atoms with E-state index < -0.39 is 5.97 Å². The molecule has 6 heteroatoms. The molecule has 0 aromatic carbocycles. The highest BCUT2D eigenvalue weighted by molar-refractivity contribution is 9.10. The van der Waals surface area contributed by atoms with E-state index in [0.29, 0.717) is 21.6 Å². The quantitative estimate of drug-likeness (QED) is 0.900. The van der Waals surface area contributed by atoms with Crippen molar-refractivity contribution in [1.29, 1.82) is 0 Å². The molecule has 0 bridgehead atoms. The van der Waals surface area contributed by atoms with Crippen molar-refractivity contribution in [1.82, 2.24) is 15.2 Å². The Bertz CT molecular complexity index is 510. The molecular weight excluding hydrogens is 274 g/mol. The molecule has 0 fully saturated rings. The van der Waals surface area contributed by atoms with Crippen LogP contribution in [0.5, 0.6) is 0 Å². The first-order valence-electron chi connectivity index (χ1n) is 4.54. The van der Waals surface area contributed by atoms with Gasteiger partial charge in [0.2, 0.25) is 0 Å². The van der Waals surface area contributed by atoms with E-state index in [-0.39, 0.29) is 6.42 Å². The van der Waals surface area contributed by atoms with Crippen molar-refractivity contribution in [3.8, 4) is 11.4 Å². The van der Waals surface area contributed by atoms with E-state index in [1.165, 1.54) is 0 Å². The molecule has 2 N–H and O–H groups in total. The topological polar surface area (TPSA) is 78.9 Å². The lowest BCUT2D eigenvalue weighted by molar-refractivity contribution is -0.136. The molecule has 0 radical (unpaired) electrons. The summed E-state index contributed by atoms with van der Waals surface area (Å²) < 4.78 is 0.647. The van der Waals surface area contributed by atoms with Crippen LogP contribution in [0, 0.1) is 0 Å². The van der Waals surface area contributed by atoms with Crippen molar-refractivity contribution in [3.63, 3.8) is 0 Å². The van der Waals surface area contributed by atoms with Crippen LogP contribution in [-0.2, 0) is 11.2 Å². The zero-order chi connectivity index (χ0) is 11.5. The van der Waals surface area contributed by atoms with Crippen LogP contribution in [0.1, 0.15) is 5.69 Å². The Morgan fingerprint density at radius 2 is 2.31 bits per heavy atom. The number of nitrogens with one attached hydrogen (secondary N) is 1. The van der Waals surface area contributed by atoms with Crippen LogP contribution in [-0.4, -0.2) is 26.3 Å². The number of nitrogens with zero attached hydrogens (tertiary/aromatic N) is 2. The van der Waals surface area contributed by atoms with E-state index >= 15 is 0 Å². The Balaban J connectivity index is 2.37. The second kappa shape index (κ2) is 4.44. The average molecular weight is 282 g/mol. The summed E-state index contributed by atoms with van der Waals surface area (Å²) in [6.45, 7) is 0. The second-order valence-electron chi connectivity index (χ2n) is 3.15. The van der Waals surface area contributed by atoms with E-state index in [0.717, 1.165) is 0 Å². The van der Waals surface area contributed by atoms with Gasteiger partial charge < -0.3 is 5.11 Å². The first-order chi connectivity index (χ1) is 7.68. The number of halogens is 1. The van der Waals surface area contributed by atoms with Crippen molar-refractivity contribution in [2.75, 3.05) is 0 Å². The predicted octanol–water partition coefficient (Wildman–Crippen LogP) is 1.86. The van der Waals surface area contributed by atoms with E-state index in [1.807, 2.05) is 18.2 Å². The number of aromatic amines is 1. The third-order valence-electron chi connectivity index (χ3n) is 2.01. The van der Waals surface area contributed by atoms with Gasteiger partial charge in [0.1, 0.15) is 5.69 Å². The maximum atomic E-state index is 10.6. The molecule has 16 heavy (non-hydrogen) atoms. The highest BCUT2D eigenvalue weighted by atomic mass is 79.9. The number of carboxylic acids is 1. The summed E-state index contributed by atoms with van der Waals surface area (Å²) in [6, 6.07) is 5.47. The highest BCUT2D eigenvalue weighted by Gasteiger charge is 2.14. The van der Waals surface area contributed by atoms with Crippen LogP contribution in [0.4, 0.5) is 0 Å². The summed E-state index contributed by atoms with van der Waals surface area (Å²) in [7, 11) is 0. The van der Waals surface area contributed by atoms with Gasteiger partial charge in [-0.05, 0) is 28.1 Å². The second-order valence-corrected chi connectivity index (χ2v) is 3.94. The minimum absolute atomic E-state index is 0.0968. The van der Waals surface area contributed by atoms with Gasteiger partial charge in [-0.25, -0.2) is 0 Å². The number of rotatable bonds is 3. The van der Waals surface area contributed by atoms with E-state index in [1.54, 1.807) is 6.20 Å². The molecule has 2 aromatic rings. The first-order valence-corrected chi connectivity index (χ1v) is 5.33. The summed E-state index contributed by atoms with van der Waals surface area (Å²) >= 11 is 3.32. The standard InChI is InChI=1S/C10H8BrN3O2/c11-9-7(5-8(15)16)13-14-10(9)6-3-1-2-4-12-6/h1-4H,5H2,(H,13,14)(H,15,16). The van der Waals surface area contributed by atoms with Crippen molar-refractivity contribution in [3.05, 3.63) is 34.6 Å². The van der Waals surface area contributed by atoms with Crippen molar-refractivity contribution in [2.45, 2.75) is 6.42 Å². The Labute approximate surface area is 99.7 Å². The van der Waals surface area contributed by atoms with Crippen molar-refractivity contribution in [2.24, 2.45) is 0 Å². The van der Waals surface area contributed by atoms with Gasteiger partial charge in [0.05, 0.1) is 22.3 Å². The molecule has 0 unspecified atom stereocenters. The number of hydrogen-bond acceptors (Lipinski definition) is 3. The molecule has 5 nitrogen and oxygen atoms in total. The van der Waals surface area contributed by atoms with Gasteiger partial charge in [-0.1, -0.05) is 6.07 Å². The van der Waals surface area contributed by atoms with Crippen LogP contribution in [0.3, 0.4) is 0 Å². The fourth-order valence-corrected chi connectivity index (χ4v) is 1.83. The fraction of sp³-hybridized carbons (Fsp3) is 0.100. The normalized spacial score (nSPS) is 10.3. The number of aliphatic carboxylic acids is 1. The van der Waals surface area contributed by atoms with Gasteiger partial charge in [0, 0.05) is 6.20 Å². The summed E-state index contributed by atoms with van der Waals surface area (Å²) in [6.07, 6.45) is 1.56. The van der Waals surface area contributed by atoms with E-state index in [9.17, 15) is 4.79 Å². The number of hydrogen-bond donors (Lipinski definition) is 2. The zero-order valence-electron chi connectivity index (χ0n) is 8.14. The molecule has 0 aliphatic rings. The van der Waals surface area contributed by atoms with Gasteiger partial charge in [-0.2, -0.15) is 5.10 Å². The molecular formula is C10H8BrN3O2. The van der Waals surface area contributed by atoms with E-state index in [4.69, 9.17) is 5.11 Å². The summed E-state index contributed by atoms with van der Waals surface area (Å²) in [5, 5.41) is 15.4. The first kappa shape index (κ1) is 10.8. The number of carboxylic acid groups (broad SMARTS) is 1. The Kier molecular flexibility index (Phi) is 3.00. The smallest absolute Gasteiger partial charge is 0.309 e. The minimum Gasteiger partial charge on any atom is -0.481 e. The van der Waals surface area contributed by atoms with Gasteiger partial charge in [-0.3, -0.25) is 14.9 Å². The summed E-state index contributed by atoms with van der Waals surface area (Å²) in [5.41, 5.74) is 1.85. The molecule has 0 atom stereocenters. The Hall–Kier alpha value is -1.69. The SMILES string of the molecule is O=C(O)Cc1[nH]nc(-c2ccccn2)c1Br. The third kappa shape index (κ3) is 2.11. The van der Waals surface area contributed by atoms with Gasteiger partial charge >= 0.3 is 5.97 Å². The Morgan fingerprint density at radius 3 is 2.94 bits per heavy atom. The van der Waals surface area contributed by atoms with Gasteiger partial charge in [0.15, 0.2) is 0 Å². The maximum absolute atomic E-state index is 10.6. The molecule has 2 aromatic heterocycles. The Morgan fingerprint density at radius 1 is 1.50 bits per heavy atom. The van der Waals surface area contributed by atoms with Crippen LogP contribution in [0.15, 0.2) is 28.9 Å². The van der Waals surface area contributed by atoms with Crippen LogP contribution in [0.2, 0.25) is 0 Å². The number of aromatic nitrogens is 3.